The van der Waals surface area contributed by atoms with Crippen LogP contribution in [0.25, 0.3) is 0 Å². The summed E-state index contributed by atoms with van der Waals surface area (Å²) in [5.74, 6) is -0.369. The van der Waals surface area contributed by atoms with Gasteiger partial charge in [0.05, 0.1) is 12.8 Å². The molecule has 1 N–H and O–H groups in total. The van der Waals surface area contributed by atoms with Gasteiger partial charge in [-0.15, -0.1) is 0 Å². The van der Waals surface area contributed by atoms with Crippen LogP contribution in [0.2, 0.25) is 0 Å². The average molecular weight is 141 g/mol. The molecular formula is C7H8FNO. The molecule has 0 bridgehead atoms. The van der Waals surface area contributed by atoms with Crippen molar-refractivity contribution in [1.82, 2.24) is 4.98 Å². The van der Waals surface area contributed by atoms with Gasteiger partial charge in [-0.2, -0.15) is 0 Å². The fraction of sp³-hybridized carbons (Fsp3) is 0.286. The second-order valence-electron chi connectivity index (χ2n) is 2.06. The van der Waals surface area contributed by atoms with Gasteiger partial charge in [-0.25, -0.2) is 4.39 Å². The first-order chi connectivity index (χ1) is 4.75. The Morgan fingerprint density at radius 2 is 2.30 bits per heavy atom. The summed E-state index contributed by atoms with van der Waals surface area (Å²) >= 11 is 0. The lowest BCUT2D eigenvalue weighted by atomic mass is 10.2. The summed E-state index contributed by atoms with van der Waals surface area (Å²) in [5, 5.41) is 8.64. The molecule has 2 nitrogen and oxygen atoms in total. The summed E-state index contributed by atoms with van der Waals surface area (Å²) in [6.45, 7) is 1.46. The molecule has 0 saturated carbocycles. The van der Waals surface area contributed by atoms with Crippen molar-refractivity contribution in [1.29, 1.82) is 0 Å². The minimum absolute atomic E-state index is 0.156. The van der Waals surface area contributed by atoms with Gasteiger partial charge in [0.25, 0.3) is 0 Å². The van der Waals surface area contributed by atoms with Crippen LogP contribution in [0.4, 0.5) is 4.39 Å². The highest BCUT2D eigenvalue weighted by atomic mass is 19.1. The van der Waals surface area contributed by atoms with Crippen molar-refractivity contribution >= 4 is 0 Å². The number of halogens is 1. The number of hydrogen-bond donors (Lipinski definition) is 1. The van der Waals surface area contributed by atoms with Crippen molar-refractivity contribution in [2.45, 2.75) is 13.5 Å². The van der Waals surface area contributed by atoms with Gasteiger partial charge in [0.2, 0.25) is 0 Å². The van der Waals surface area contributed by atoms with Crippen LogP contribution < -0.4 is 0 Å². The van der Waals surface area contributed by atoms with Gasteiger partial charge in [0.15, 0.2) is 0 Å². The third-order valence-electron chi connectivity index (χ3n) is 1.43. The maximum atomic E-state index is 12.6. The van der Waals surface area contributed by atoms with Crippen molar-refractivity contribution in [3.8, 4) is 0 Å². The van der Waals surface area contributed by atoms with E-state index in [2.05, 4.69) is 4.98 Å². The number of nitrogens with zero attached hydrogens (tertiary/aromatic N) is 1. The van der Waals surface area contributed by atoms with E-state index in [1.165, 1.54) is 6.20 Å². The van der Waals surface area contributed by atoms with Crippen LogP contribution in [0.1, 0.15) is 11.1 Å². The first kappa shape index (κ1) is 7.15. The summed E-state index contributed by atoms with van der Waals surface area (Å²) in [5.41, 5.74) is 1.01. The van der Waals surface area contributed by atoms with Gasteiger partial charge < -0.3 is 5.11 Å². The van der Waals surface area contributed by atoms with E-state index in [9.17, 15) is 4.39 Å². The molecule has 0 aliphatic heterocycles. The van der Waals surface area contributed by atoms with Gasteiger partial charge in [0.1, 0.15) is 5.82 Å². The first-order valence-corrected chi connectivity index (χ1v) is 2.95. The van der Waals surface area contributed by atoms with Crippen LogP contribution in [0.5, 0.6) is 0 Å². The lowest BCUT2D eigenvalue weighted by Gasteiger charge is -1.99. The first-order valence-electron chi connectivity index (χ1n) is 2.95. The highest BCUT2D eigenvalue weighted by molar-refractivity contribution is 5.21. The van der Waals surface area contributed by atoms with Crippen LogP contribution in [-0.4, -0.2) is 10.1 Å². The zero-order chi connectivity index (χ0) is 7.56. The lowest BCUT2D eigenvalue weighted by Crippen LogP contribution is -1.93. The summed E-state index contributed by atoms with van der Waals surface area (Å²) in [7, 11) is 0. The number of aliphatic hydroxyl groups excluding tert-OH is 1. The number of aliphatic hydroxyl groups is 1. The van der Waals surface area contributed by atoms with Crippen LogP contribution in [0.3, 0.4) is 0 Å². The summed E-state index contributed by atoms with van der Waals surface area (Å²) in [6.07, 6.45) is 2.59. The maximum absolute atomic E-state index is 12.6. The monoisotopic (exact) mass is 141 g/mol. The van der Waals surface area contributed by atoms with E-state index in [0.29, 0.717) is 11.1 Å². The van der Waals surface area contributed by atoms with Crippen molar-refractivity contribution in [3.63, 3.8) is 0 Å². The van der Waals surface area contributed by atoms with E-state index in [1.807, 2.05) is 0 Å². The molecule has 0 radical (unpaired) electrons. The van der Waals surface area contributed by atoms with Crippen LogP contribution in [0, 0.1) is 12.7 Å². The van der Waals surface area contributed by atoms with E-state index in [4.69, 9.17) is 5.11 Å². The molecule has 54 valence electrons. The highest BCUT2D eigenvalue weighted by Crippen LogP contribution is 2.08. The standard InChI is InChI=1S/C7H8FNO/c1-5-6(4-10)2-9-3-7(5)8/h2-3,10H,4H2,1H3. The molecular weight excluding hydrogens is 133 g/mol. The Kier molecular flexibility index (Phi) is 1.97. The van der Waals surface area contributed by atoms with Gasteiger partial charge in [-0.1, -0.05) is 0 Å². The Balaban J connectivity index is 3.14. The van der Waals surface area contributed by atoms with E-state index < -0.39 is 0 Å². The molecule has 1 aromatic rings. The molecule has 1 aromatic heterocycles. The average Bonchev–Trinajstić information content (AvgIpc) is 1.95. The molecule has 0 amide bonds. The Morgan fingerprint density at radius 1 is 1.60 bits per heavy atom. The van der Waals surface area contributed by atoms with E-state index in [0.717, 1.165) is 6.20 Å². The van der Waals surface area contributed by atoms with Gasteiger partial charge in [-0.3, -0.25) is 4.98 Å². The Bertz CT molecular complexity index is 237. The van der Waals surface area contributed by atoms with Crippen molar-refractivity contribution in [2.24, 2.45) is 0 Å². The Hall–Kier alpha value is -0.960. The van der Waals surface area contributed by atoms with Crippen LogP contribution in [-0.2, 0) is 6.61 Å². The zero-order valence-corrected chi connectivity index (χ0v) is 5.63. The molecule has 0 atom stereocenters. The maximum Gasteiger partial charge on any atom is 0.144 e. The molecule has 0 fully saturated rings. The number of pyridine rings is 1. The summed E-state index contributed by atoms with van der Waals surface area (Å²) < 4.78 is 12.6. The molecule has 1 heterocycles. The Morgan fingerprint density at radius 3 is 2.80 bits per heavy atom. The normalized spacial score (nSPS) is 9.90. The third-order valence-corrected chi connectivity index (χ3v) is 1.43. The highest BCUT2D eigenvalue weighted by Gasteiger charge is 2.01. The van der Waals surface area contributed by atoms with Crippen LogP contribution >= 0.6 is 0 Å². The second-order valence-corrected chi connectivity index (χ2v) is 2.06. The van der Waals surface area contributed by atoms with Gasteiger partial charge in [-0.05, 0) is 12.5 Å². The molecule has 10 heavy (non-hydrogen) atoms. The summed E-state index contributed by atoms with van der Waals surface area (Å²) in [4.78, 5) is 3.58. The third kappa shape index (κ3) is 1.14. The number of rotatable bonds is 1. The van der Waals surface area contributed by atoms with Gasteiger partial charge >= 0.3 is 0 Å². The van der Waals surface area contributed by atoms with Crippen molar-refractivity contribution < 1.29 is 9.50 Å². The quantitative estimate of drug-likeness (QED) is 0.633. The predicted octanol–water partition coefficient (Wildman–Crippen LogP) is 1.02. The molecule has 1 rings (SSSR count). The zero-order valence-electron chi connectivity index (χ0n) is 5.63. The van der Waals surface area contributed by atoms with E-state index >= 15 is 0 Å². The molecule has 3 heteroatoms. The second kappa shape index (κ2) is 2.75. The smallest absolute Gasteiger partial charge is 0.144 e. The van der Waals surface area contributed by atoms with Crippen LogP contribution in [0.15, 0.2) is 12.4 Å². The molecule has 0 spiro atoms. The van der Waals surface area contributed by atoms with Crippen molar-refractivity contribution in [2.75, 3.05) is 0 Å². The summed E-state index contributed by atoms with van der Waals surface area (Å²) in [6, 6.07) is 0. The van der Waals surface area contributed by atoms with Gasteiger partial charge in [0, 0.05) is 11.8 Å². The lowest BCUT2D eigenvalue weighted by molar-refractivity contribution is 0.279. The fourth-order valence-corrected chi connectivity index (χ4v) is 0.699. The molecule has 0 aliphatic rings. The molecule has 0 saturated heterocycles. The Labute approximate surface area is 58.3 Å². The SMILES string of the molecule is Cc1c(F)cncc1CO. The minimum atomic E-state index is -0.369. The topological polar surface area (TPSA) is 33.1 Å². The fourth-order valence-electron chi connectivity index (χ4n) is 0.699. The largest absolute Gasteiger partial charge is 0.392 e. The molecule has 0 aliphatic carbocycles. The number of aromatic nitrogens is 1. The molecule has 0 unspecified atom stereocenters. The van der Waals surface area contributed by atoms with E-state index in [1.54, 1.807) is 6.92 Å². The minimum Gasteiger partial charge on any atom is -0.392 e. The van der Waals surface area contributed by atoms with E-state index in [-0.39, 0.29) is 12.4 Å². The molecule has 0 aromatic carbocycles. The van der Waals surface area contributed by atoms with Crippen molar-refractivity contribution in [3.05, 3.63) is 29.3 Å². The number of hydrogen-bond acceptors (Lipinski definition) is 2. The predicted molar refractivity (Wildman–Crippen MR) is 34.9 cm³/mol.